The van der Waals surface area contributed by atoms with Crippen molar-refractivity contribution in [2.24, 2.45) is 0 Å². The number of nitrogens with zero attached hydrogens (tertiary/aromatic N) is 1. The van der Waals surface area contributed by atoms with Gasteiger partial charge < -0.3 is 25.0 Å². The summed E-state index contributed by atoms with van der Waals surface area (Å²) < 4.78 is 10.2. The van der Waals surface area contributed by atoms with Gasteiger partial charge in [0.05, 0.1) is 25.9 Å². The van der Waals surface area contributed by atoms with E-state index in [-0.39, 0.29) is 24.6 Å². The van der Waals surface area contributed by atoms with Crippen molar-refractivity contribution >= 4 is 17.7 Å². The summed E-state index contributed by atoms with van der Waals surface area (Å²) in [5, 5.41) is 6.07. The molecule has 0 aliphatic carbocycles. The third-order valence-corrected chi connectivity index (χ3v) is 3.93. The molecule has 1 aromatic carbocycles. The molecule has 0 saturated carbocycles. The van der Waals surface area contributed by atoms with Gasteiger partial charge in [0.15, 0.2) is 0 Å². The van der Waals surface area contributed by atoms with E-state index < -0.39 is 0 Å². The van der Waals surface area contributed by atoms with Crippen LogP contribution in [0.5, 0.6) is 5.75 Å². The van der Waals surface area contributed by atoms with E-state index in [9.17, 15) is 9.59 Å². The Morgan fingerprint density at radius 2 is 1.96 bits per heavy atom. The summed E-state index contributed by atoms with van der Waals surface area (Å²) in [5.74, 6) is 0.628. The van der Waals surface area contributed by atoms with Crippen LogP contribution in [-0.4, -0.2) is 56.3 Å². The van der Waals surface area contributed by atoms with Gasteiger partial charge in [0.2, 0.25) is 5.91 Å². The molecular weight excluding hydrogens is 310 g/mol. The van der Waals surface area contributed by atoms with Crippen molar-refractivity contribution in [3.63, 3.8) is 0 Å². The van der Waals surface area contributed by atoms with Crippen molar-refractivity contribution in [2.45, 2.75) is 25.8 Å². The molecule has 1 saturated heterocycles. The van der Waals surface area contributed by atoms with Gasteiger partial charge in [-0.15, -0.1) is 0 Å². The van der Waals surface area contributed by atoms with Gasteiger partial charge in [0.1, 0.15) is 5.75 Å². The van der Waals surface area contributed by atoms with E-state index in [0.717, 1.165) is 18.5 Å². The molecule has 2 amide bonds. The van der Waals surface area contributed by atoms with E-state index in [1.807, 2.05) is 24.3 Å². The first-order chi connectivity index (χ1) is 11.6. The monoisotopic (exact) mass is 335 g/mol. The maximum Gasteiger partial charge on any atom is 0.409 e. The first-order valence-corrected chi connectivity index (χ1v) is 8.22. The Labute approximate surface area is 142 Å². The molecule has 7 heteroatoms. The normalized spacial score (nSPS) is 14.8. The van der Waals surface area contributed by atoms with E-state index in [4.69, 9.17) is 9.47 Å². The second-order valence-corrected chi connectivity index (χ2v) is 5.58. The van der Waals surface area contributed by atoms with Gasteiger partial charge in [-0.3, -0.25) is 4.79 Å². The summed E-state index contributed by atoms with van der Waals surface area (Å²) in [6.45, 7) is 3.55. The highest BCUT2D eigenvalue weighted by atomic mass is 16.6. The first-order valence-electron chi connectivity index (χ1n) is 8.22. The van der Waals surface area contributed by atoms with Crippen LogP contribution in [-0.2, 0) is 9.53 Å². The highest BCUT2D eigenvalue weighted by Crippen LogP contribution is 2.22. The van der Waals surface area contributed by atoms with E-state index in [2.05, 4.69) is 10.6 Å². The number of anilines is 1. The van der Waals surface area contributed by atoms with Gasteiger partial charge in [0.25, 0.3) is 0 Å². The number of para-hydroxylation sites is 2. The predicted molar refractivity (Wildman–Crippen MR) is 91.2 cm³/mol. The van der Waals surface area contributed by atoms with E-state index in [1.165, 1.54) is 0 Å². The predicted octanol–water partition coefficient (Wildman–Crippen LogP) is 1.84. The molecule has 1 heterocycles. The number of ether oxygens (including phenoxy) is 2. The van der Waals surface area contributed by atoms with Crippen molar-refractivity contribution in [3.8, 4) is 5.75 Å². The SMILES string of the molecule is CCOC(=O)N1CCC(NC(=O)CNc2ccccc2OC)CC1. The molecule has 1 aromatic rings. The van der Waals surface area contributed by atoms with Crippen molar-refractivity contribution in [3.05, 3.63) is 24.3 Å². The summed E-state index contributed by atoms with van der Waals surface area (Å²) in [6, 6.07) is 7.55. The first kappa shape index (κ1) is 17.9. The topological polar surface area (TPSA) is 79.9 Å². The number of likely N-dealkylation sites (tertiary alicyclic amines) is 1. The van der Waals surface area contributed by atoms with Crippen molar-refractivity contribution in [1.82, 2.24) is 10.2 Å². The van der Waals surface area contributed by atoms with E-state index in [1.54, 1.807) is 18.9 Å². The second kappa shape index (κ2) is 9.00. The smallest absolute Gasteiger partial charge is 0.409 e. The average Bonchev–Trinajstić information content (AvgIpc) is 2.61. The lowest BCUT2D eigenvalue weighted by atomic mass is 10.1. The summed E-state index contributed by atoms with van der Waals surface area (Å²) in [7, 11) is 1.60. The number of carbonyl (C=O) groups excluding carboxylic acids is 2. The Morgan fingerprint density at radius 1 is 1.25 bits per heavy atom. The summed E-state index contributed by atoms with van der Waals surface area (Å²) in [6.07, 6.45) is 1.19. The molecule has 0 radical (unpaired) electrons. The number of benzene rings is 1. The highest BCUT2D eigenvalue weighted by Gasteiger charge is 2.24. The Balaban J connectivity index is 1.73. The van der Waals surface area contributed by atoms with Gasteiger partial charge in [0, 0.05) is 19.1 Å². The maximum absolute atomic E-state index is 12.1. The molecule has 0 unspecified atom stereocenters. The molecule has 0 aromatic heterocycles. The molecule has 2 N–H and O–H groups in total. The van der Waals surface area contributed by atoms with Crippen LogP contribution in [0.15, 0.2) is 24.3 Å². The van der Waals surface area contributed by atoms with Crippen molar-refractivity contribution < 1.29 is 19.1 Å². The number of rotatable bonds is 6. The number of amides is 2. The number of hydrogen-bond acceptors (Lipinski definition) is 5. The molecule has 7 nitrogen and oxygen atoms in total. The Hall–Kier alpha value is -2.44. The quantitative estimate of drug-likeness (QED) is 0.829. The fourth-order valence-corrected chi connectivity index (χ4v) is 2.67. The van der Waals surface area contributed by atoms with Gasteiger partial charge in [-0.2, -0.15) is 0 Å². The van der Waals surface area contributed by atoms with Crippen LogP contribution in [0, 0.1) is 0 Å². The molecule has 1 aliphatic heterocycles. The standard InChI is InChI=1S/C17H25N3O4/c1-3-24-17(22)20-10-8-13(9-11-20)19-16(21)12-18-14-6-4-5-7-15(14)23-2/h4-7,13,18H,3,8-12H2,1-2H3,(H,19,21). The third kappa shape index (κ3) is 5.04. The molecular formula is C17H25N3O4. The average molecular weight is 335 g/mol. The molecule has 0 atom stereocenters. The lowest BCUT2D eigenvalue weighted by molar-refractivity contribution is -0.120. The lowest BCUT2D eigenvalue weighted by Gasteiger charge is -2.31. The van der Waals surface area contributed by atoms with E-state index in [0.29, 0.717) is 25.4 Å². The second-order valence-electron chi connectivity index (χ2n) is 5.58. The molecule has 1 aliphatic rings. The number of nitrogens with one attached hydrogen (secondary N) is 2. The molecule has 24 heavy (non-hydrogen) atoms. The van der Waals surface area contributed by atoms with Crippen LogP contribution in [0.4, 0.5) is 10.5 Å². The minimum Gasteiger partial charge on any atom is -0.495 e. The van der Waals surface area contributed by atoms with Gasteiger partial charge in [-0.1, -0.05) is 12.1 Å². The van der Waals surface area contributed by atoms with E-state index >= 15 is 0 Å². The third-order valence-electron chi connectivity index (χ3n) is 3.93. The molecule has 1 fully saturated rings. The Bertz CT molecular complexity index is 557. The van der Waals surface area contributed by atoms with Crippen LogP contribution in [0.25, 0.3) is 0 Å². The Morgan fingerprint density at radius 3 is 2.62 bits per heavy atom. The zero-order chi connectivity index (χ0) is 17.4. The van der Waals surface area contributed by atoms with Gasteiger partial charge >= 0.3 is 6.09 Å². The largest absolute Gasteiger partial charge is 0.495 e. The minimum absolute atomic E-state index is 0.0736. The zero-order valence-corrected chi connectivity index (χ0v) is 14.2. The van der Waals surface area contributed by atoms with Crippen molar-refractivity contribution in [1.29, 1.82) is 0 Å². The molecule has 2 rings (SSSR count). The number of piperidine rings is 1. The summed E-state index contributed by atoms with van der Waals surface area (Å²) in [4.78, 5) is 25.4. The van der Waals surface area contributed by atoms with Gasteiger partial charge in [-0.25, -0.2) is 4.79 Å². The van der Waals surface area contributed by atoms with Crippen LogP contribution in [0.1, 0.15) is 19.8 Å². The maximum atomic E-state index is 12.1. The zero-order valence-electron chi connectivity index (χ0n) is 14.2. The van der Waals surface area contributed by atoms with Crippen molar-refractivity contribution in [2.75, 3.05) is 38.7 Å². The highest BCUT2D eigenvalue weighted by molar-refractivity contribution is 5.81. The van der Waals surface area contributed by atoms with Crippen LogP contribution in [0.3, 0.4) is 0 Å². The fourth-order valence-electron chi connectivity index (χ4n) is 2.67. The van der Waals surface area contributed by atoms with Crippen LogP contribution < -0.4 is 15.4 Å². The number of methoxy groups -OCH3 is 1. The van der Waals surface area contributed by atoms with Crippen LogP contribution >= 0.6 is 0 Å². The van der Waals surface area contributed by atoms with Crippen LogP contribution in [0.2, 0.25) is 0 Å². The number of carbonyl (C=O) groups is 2. The lowest BCUT2D eigenvalue weighted by Crippen LogP contribution is -2.47. The summed E-state index contributed by atoms with van der Waals surface area (Å²) >= 11 is 0. The fraction of sp³-hybridized carbons (Fsp3) is 0.529. The molecule has 0 bridgehead atoms. The summed E-state index contributed by atoms with van der Waals surface area (Å²) in [5.41, 5.74) is 0.785. The Kier molecular flexibility index (Phi) is 6.72. The number of hydrogen-bond donors (Lipinski definition) is 2. The minimum atomic E-state index is -0.278. The molecule has 132 valence electrons. The molecule has 0 spiro atoms. The van der Waals surface area contributed by atoms with Gasteiger partial charge in [-0.05, 0) is 31.9 Å².